The molecule has 1 aliphatic carbocycles. The van der Waals surface area contributed by atoms with Crippen LogP contribution in [0.2, 0.25) is 0 Å². The van der Waals surface area contributed by atoms with Crippen LogP contribution in [0, 0.1) is 17.7 Å². The molecular weight excluding hydrogens is 357 g/mol. The number of nitrogens with zero attached hydrogens (tertiary/aromatic N) is 2. The topological polar surface area (TPSA) is 64.0 Å². The highest BCUT2D eigenvalue weighted by atomic mass is 19.1. The van der Waals surface area contributed by atoms with Crippen LogP contribution in [0.15, 0.2) is 59.7 Å². The summed E-state index contributed by atoms with van der Waals surface area (Å²) in [6.07, 6.45) is 4.97. The quantitative estimate of drug-likeness (QED) is 0.746. The molecule has 3 aromatic rings. The lowest BCUT2D eigenvalue weighted by Crippen LogP contribution is -2.30. The third-order valence-electron chi connectivity index (χ3n) is 5.52. The highest BCUT2D eigenvalue weighted by Gasteiger charge is 2.26. The third-order valence-corrected chi connectivity index (χ3v) is 5.52. The number of anilines is 1. The second kappa shape index (κ2) is 7.92. The van der Waals surface area contributed by atoms with Crippen LogP contribution in [0.25, 0.3) is 10.9 Å². The van der Waals surface area contributed by atoms with Gasteiger partial charge in [-0.25, -0.2) is 9.37 Å². The highest BCUT2D eigenvalue weighted by Crippen LogP contribution is 2.30. The first-order valence-electron chi connectivity index (χ1n) is 9.61. The maximum absolute atomic E-state index is 13.0. The van der Waals surface area contributed by atoms with Crippen molar-refractivity contribution in [3.8, 4) is 0 Å². The van der Waals surface area contributed by atoms with E-state index < -0.39 is 0 Å². The van der Waals surface area contributed by atoms with Crippen LogP contribution in [-0.4, -0.2) is 15.5 Å². The van der Waals surface area contributed by atoms with Crippen molar-refractivity contribution in [2.75, 3.05) is 5.32 Å². The molecule has 1 aliphatic rings. The minimum absolute atomic E-state index is 0.0122. The smallest absolute Gasteiger partial charge is 0.261 e. The first-order chi connectivity index (χ1) is 13.6. The van der Waals surface area contributed by atoms with Crippen molar-refractivity contribution in [3.05, 3.63) is 71.0 Å². The number of amides is 1. The van der Waals surface area contributed by atoms with Crippen molar-refractivity contribution in [2.45, 2.75) is 32.2 Å². The molecule has 0 spiro atoms. The van der Waals surface area contributed by atoms with Crippen LogP contribution in [0.5, 0.6) is 0 Å². The minimum Gasteiger partial charge on any atom is -0.326 e. The number of fused-ring (bicyclic) bond motifs is 1. The molecule has 1 aromatic heterocycles. The summed E-state index contributed by atoms with van der Waals surface area (Å²) in [5.41, 5.74) is 1.31. The summed E-state index contributed by atoms with van der Waals surface area (Å²) in [6.45, 7) is 0.628. The number of hydrogen-bond donors (Lipinski definition) is 1. The van der Waals surface area contributed by atoms with Gasteiger partial charge in [0.15, 0.2) is 0 Å². The van der Waals surface area contributed by atoms with Gasteiger partial charge in [0.05, 0.1) is 17.2 Å². The van der Waals surface area contributed by atoms with Crippen LogP contribution in [0.3, 0.4) is 0 Å². The Hall–Kier alpha value is -3.02. The van der Waals surface area contributed by atoms with Gasteiger partial charge in [0.25, 0.3) is 5.56 Å². The van der Waals surface area contributed by atoms with E-state index in [9.17, 15) is 14.0 Å². The molecule has 1 heterocycles. The second-order valence-corrected chi connectivity index (χ2v) is 7.43. The van der Waals surface area contributed by atoms with Crippen molar-refractivity contribution in [1.29, 1.82) is 0 Å². The van der Waals surface area contributed by atoms with E-state index in [0.29, 0.717) is 29.1 Å². The molecule has 6 heteroatoms. The second-order valence-electron chi connectivity index (χ2n) is 7.43. The van der Waals surface area contributed by atoms with Crippen molar-refractivity contribution in [1.82, 2.24) is 9.55 Å². The fourth-order valence-corrected chi connectivity index (χ4v) is 3.90. The number of hydrogen-bond acceptors (Lipinski definition) is 3. The van der Waals surface area contributed by atoms with Crippen LogP contribution in [0.1, 0.15) is 25.7 Å². The number of halogens is 1. The van der Waals surface area contributed by atoms with E-state index in [1.54, 1.807) is 29.1 Å². The van der Waals surface area contributed by atoms with Gasteiger partial charge in [-0.05, 0) is 68.0 Å². The van der Waals surface area contributed by atoms with Gasteiger partial charge in [-0.1, -0.05) is 12.1 Å². The fraction of sp³-hybridized carbons (Fsp3) is 0.318. The lowest BCUT2D eigenvalue weighted by atomic mass is 9.81. The standard InChI is InChI=1S/C22H22FN3O2/c23-17-9-11-18(12-10-17)25-21(27)16-7-5-15(6-8-16)13-26-14-24-20-4-2-1-3-19(20)22(26)28/h1-4,9-12,14-16H,5-8,13H2,(H,25,27). The number of carbonyl (C=O) groups is 1. The molecule has 0 atom stereocenters. The predicted octanol–water partition coefficient (Wildman–Crippen LogP) is 3.98. The Morgan fingerprint density at radius 2 is 1.79 bits per heavy atom. The van der Waals surface area contributed by atoms with Crippen molar-refractivity contribution in [3.63, 3.8) is 0 Å². The van der Waals surface area contributed by atoms with Crippen molar-refractivity contribution >= 4 is 22.5 Å². The lowest BCUT2D eigenvalue weighted by Gasteiger charge is -2.28. The van der Waals surface area contributed by atoms with Gasteiger partial charge in [0.1, 0.15) is 5.82 Å². The van der Waals surface area contributed by atoms with Crippen LogP contribution >= 0.6 is 0 Å². The molecule has 1 fully saturated rings. The first-order valence-corrected chi connectivity index (χ1v) is 9.61. The average molecular weight is 379 g/mol. The van der Waals surface area contributed by atoms with E-state index >= 15 is 0 Å². The first kappa shape index (κ1) is 18.3. The van der Waals surface area contributed by atoms with Crippen LogP contribution < -0.4 is 10.9 Å². The molecule has 1 amide bonds. The number of benzene rings is 2. The molecule has 28 heavy (non-hydrogen) atoms. The summed E-state index contributed by atoms with van der Waals surface area (Å²) in [5, 5.41) is 3.50. The van der Waals surface area contributed by atoms with Gasteiger partial charge in [0.2, 0.25) is 5.91 Å². The average Bonchev–Trinajstić information content (AvgIpc) is 2.72. The van der Waals surface area contributed by atoms with Gasteiger partial charge < -0.3 is 5.32 Å². The molecule has 5 nitrogen and oxygen atoms in total. The Bertz CT molecular complexity index is 1040. The number of nitrogens with one attached hydrogen (secondary N) is 1. The van der Waals surface area contributed by atoms with E-state index in [1.807, 2.05) is 18.2 Å². The summed E-state index contributed by atoms with van der Waals surface area (Å²) in [7, 11) is 0. The third kappa shape index (κ3) is 3.96. The van der Waals surface area contributed by atoms with Gasteiger partial charge in [-0.2, -0.15) is 0 Å². The minimum atomic E-state index is -0.322. The summed E-state index contributed by atoms with van der Waals surface area (Å²) >= 11 is 0. The van der Waals surface area contributed by atoms with E-state index in [1.165, 1.54) is 12.1 Å². The predicted molar refractivity (Wildman–Crippen MR) is 106 cm³/mol. The molecule has 1 N–H and O–H groups in total. The Balaban J connectivity index is 1.35. The molecule has 1 saturated carbocycles. The van der Waals surface area contributed by atoms with Gasteiger partial charge in [-0.3, -0.25) is 14.2 Å². The molecule has 4 rings (SSSR count). The largest absolute Gasteiger partial charge is 0.326 e. The van der Waals surface area contributed by atoms with Crippen molar-refractivity contribution < 1.29 is 9.18 Å². The summed E-state index contributed by atoms with van der Waals surface area (Å²) < 4.78 is 14.7. The Morgan fingerprint density at radius 3 is 2.54 bits per heavy atom. The van der Waals surface area contributed by atoms with E-state index in [2.05, 4.69) is 10.3 Å². The Labute approximate surface area is 162 Å². The zero-order valence-electron chi connectivity index (χ0n) is 15.5. The summed E-state index contributed by atoms with van der Waals surface area (Å²) in [6, 6.07) is 13.2. The summed E-state index contributed by atoms with van der Waals surface area (Å²) in [5.74, 6) is -0.0326. The molecule has 0 saturated heterocycles. The Kier molecular flexibility index (Phi) is 5.19. The number of para-hydroxylation sites is 1. The van der Waals surface area contributed by atoms with Gasteiger partial charge in [-0.15, -0.1) is 0 Å². The van der Waals surface area contributed by atoms with Gasteiger partial charge >= 0.3 is 0 Å². The molecule has 144 valence electrons. The lowest BCUT2D eigenvalue weighted by molar-refractivity contribution is -0.121. The molecule has 0 radical (unpaired) electrons. The maximum Gasteiger partial charge on any atom is 0.261 e. The Morgan fingerprint density at radius 1 is 1.07 bits per heavy atom. The fourth-order valence-electron chi connectivity index (χ4n) is 3.90. The maximum atomic E-state index is 13.0. The molecule has 0 aliphatic heterocycles. The summed E-state index contributed by atoms with van der Waals surface area (Å²) in [4.78, 5) is 29.5. The molecule has 0 bridgehead atoms. The highest BCUT2D eigenvalue weighted by molar-refractivity contribution is 5.92. The monoisotopic (exact) mass is 379 g/mol. The number of rotatable bonds is 4. The molecular formula is C22H22FN3O2. The molecule has 0 unspecified atom stereocenters. The van der Waals surface area contributed by atoms with E-state index in [-0.39, 0.29) is 23.2 Å². The molecule has 2 aromatic carbocycles. The van der Waals surface area contributed by atoms with Gasteiger partial charge in [0, 0.05) is 18.2 Å². The van der Waals surface area contributed by atoms with E-state index in [0.717, 1.165) is 25.7 Å². The zero-order valence-corrected chi connectivity index (χ0v) is 15.5. The van der Waals surface area contributed by atoms with E-state index in [4.69, 9.17) is 0 Å². The van der Waals surface area contributed by atoms with Crippen molar-refractivity contribution in [2.24, 2.45) is 11.8 Å². The normalized spacial score (nSPS) is 19.5. The van der Waals surface area contributed by atoms with Crippen LogP contribution in [-0.2, 0) is 11.3 Å². The SMILES string of the molecule is O=C(Nc1ccc(F)cc1)C1CCC(Cn2cnc3ccccc3c2=O)CC1. The number of carbonyl (C=O) groups excluding carboxylic acids is 1. The zero-order chi connectivity index (χ0) is 19.5. The van der Waals surface area contributed by atoms with Crippen LogP contribution in [0.4, 0.5) is 10.1 Å². The number of aromatic nitrogens is 2.